The van der Waals surface area contributed by atoms with Crippen molar-refractivity contribution in [1.29, 1.82) is 0 Å². The fourth-order valence-corrected chi connectivity index (χ4v) is 8.51. The summed E-state index contributed by atoms with van der Waals surface area (Å²) in [5.41, 5.74) is 1.85. The number of aliphatic hydroxyl groups is 1. The number of cyclic esters (lactones) is 1. The fourth-order valence-electron chi connectivity index (χ4n) is 6.52. The Bertz CT molecular complexity index is 1130. The van der Waals surface area contributed by atoms with Crippen LogP contribution < -0.4 is 9.80 Å². The van der Waals surface area contributed by atoms with E-state index in [1.807, 2.05) is 55.5 Å². The van der Waals surface area contributed by atoms with Crippen molar-refractivity contribution in [3.05, 3.63) is 48.6 Å². The molecule has 1 spiro atoms. The van der Waals surface area contributed by atoms with Gasteiger partial charge in [0, 0.05) is 36.3 Å². The number of benzene rings is 1. The second-order valence-electron chi connectivity index (χ2n) is 10.3. The molecule has 0 saturated carbocycles. The standard InChI is InChI=1S/C29H37N3O5S/c1-4-19(18-33)32-25-27(35)31(21-13-11-20(12-14-21)30(5-2)6-3)16-9-15-29(25)24(26(32)34)23-22(38-29)10-7-8-17-37-28(23)36/h7,9-15,19,22-25,33H,4-6,8,16-18H2,1-3H3/t19-,22-,23+,24-,25?,29-/m0/s1. The number of amides is 2. The van der Waals surface area contributed by atoms with Gasteiger partial charge in [-0.05, 0) is 51.0 Å². The lowest BCUT2D eigenvalue weighted by Gasteiger charge is -2.38. The van der Waals surface area contributed by atoms with E-state index in [1.54, 1.807) is 9.80 Å². The highest BCUT2D eigenvalue weighted by molar-refractivity contribution is 8.02. The first-order valence-electron chi connectivity index (χ1n) is 13.7. The number of fused-ring (bicyclic) bond motifs is 2. The molecule has 6 atom stereocenters. The second kappa shape index (κ2) is 10.8. The average Bonchev–Trinajstić information content (AvgIpc) is 3.30. The van der Waals surface area contributed by atoms with Gasteiger partial charge in [0.25, 0.3) is 5.91 Å². The predicted octanol–water partition coefficient (Wildman–Crippen LogP) is 3.01. The van der Waals surface area contributed by atoms with Crippen molar-refractivity contribution in [3.8, 4) is 0 Å². The Hall–Kier alpha value is -2.78. The molecule has 0 aliphatic carbocycles. The Kier molecular flexibility index (Phi) is 7.60. The highest BCUT2D eigenvalue weighted by Gasteiger charge is 2.71. The quantitative estimate of drug-likeness (QED) is 0.421. The molecule has 8 nitrogen and oxygen atoms in total. The number of nitrogens with zero attached hydrogens (tertiary/aromatic N) is 3. The van der Waals surface area contributed by atoms with Crippen LogP contribution in [0.1, 0.15) is 33.6 Å². The fraction of sp³-hybridized carbons (Fsp3) is 0.552. The van der Waals surface area contributed by atoms with E-state index in [4.69, 9.17) is 4.74 Å². The lowest BCUT2D eigenvalue weighted by Crippen LogP contribution is -2.56. The lowest BCUT2D eigenvalue weighted by molar-refractivity contribution is -0.153. The molecule has 4 aliphatic heterocycles. The molecule has 5 rings (SSSR count). The summed E-state index contributed by atoms with van der Waals surface area (Å²) in [5, 5.41) is 9.98. The molecule has 38 heavy (non-hydrogen) atoms. The number of ether oxygens (including phenoxy) is 1. The summed E-state index contributed by atoms with van der Waals surface area (Å²) in [4.78, 5) is 47.4. The van der Waals surface area contributed by atoms with Gasteiger partial charge in [0.05, 0.1) is 35.8 Å². The van der Waals surface area contributed by atoms with Crippen LogP contribution in [0.2, 0.25) is 0 Å². The minimum Gasteiger partial charge on any atom is -0.465 e. The van der Waals surface area contributed by atoms with Crippen LogP contribution in [0.25, 0.3) is 0 Å². The molecule has 2 fully saturated rings. The summed E-state index contributed by atoms with van der Waals surface area (Å²) < 4.78 is 4.61. The van der Waals surface area contributed by atoms with E-state index in [9.17, 15) is 19.5 Å². The molecule has 2 saturated heterocycles. The highest BCUT2D eigenvalue weighted by Crippen LogP contribution is 2.61. The molecule has 1 aromatic rings. The molecule has 0 aromatic heterocycles. The van der Waals surface area contributed by atoms with E-state index < -0.39 is 28.7 Å². The average molecular weight is 540 g/mol. The van der Waals surface area contributed by atoms with Gasteiger partial charge in [-0.3, -0.25) is 14.4 Å². The number of carbonyl (C=O) groups excluding carboxylic acids is 3. The van der Waals surface area contributed by atoms with Gasteiger partial charge in [-0.15, -0.1) is 11.8 Å². The molecular formula is C29H37N3O5S. The van der Waals surface area contributed by atoms with E-state index in [-0.39, 0.29) is 36.2 Å². The highest BCUT2D eigenvalue weighted by atomic mass is 32.2. The van der Waals surface area contributed by atoms with E-state index >= 15 is 0 Å². The molecule has 9 heteroatoms. The van der Waals surface area contributed by atoms with Crippen LogP contribution in [0.15, 0.2) is 48.6 Å². The van der Waals surface area contributed by atoms with Crippen molar-refractivity contribution in [1.82, 2.24) is 4.90 Å². The van der Waals surface area contributed by atoms with E-state index in [2.05, 4.69) is 18.7 Å². The number of esters is 1. The Morgan fingerprint density at radius 3 is 2.50 bits per heavy atom. The first-order valence-corrected chi connectivity index (χ1v) is 14.6. The first kappa shape index (κ1) is 26.8. The molecular weight excluding hydrogens is 502 g/mol. The van der Waals surface area contributed by atoms with Crippen molar-refractivity contribution in [2.45, 2.75) is 55.7 Å². The van der Waals surface area contributed by atoms with Crippen LogP contribution in [0.4, 0.5) is 11.4 Å². The zero-order valence-corrected chi connectivity index (χ0v) is 23.1. The SMILES string of the molecule is CC[C@@H](CO)N1C(=O)[C@@H]2[C@@H]3C(=O)OCCC=C[C@@H]3S[C@@]23C=CCN(c2ccc(N(CC)CC)cc2)C(=O)C13. The molecule has 0 bridgehead atoms. The summed E-state index contributed by atoms with van der Waals surface area (Å²) in [6.07, 6.45) is 9.09. The number of hydrogen-bond acceptors (Lipinski definition) is 7. The number of likely N-dealkylation sites (tertiary alicyclic amines) is 1. The number of hydrogen-bond donors (Lipinski definition) is 1. The summed E-state index contributed by atoms with van der Waals surface area (Å²) in [6.45, 7) is 8.30. The molecule has 0 radical (unpaired) electrons. The topological polar surface area (TPSA) is 90.4 Å². The van der Waals surface area contributed by atoms with Crippen LogP contribution >= 0.6 is 11.8 Å². The summed E-state index contributed by atoms with van der Waals surface area (Å²) in [7, 11) is 0. The van der Waals surface area contributed by atoms with Crippen LogP contribution in [-0.4, -0.2) is 82.7 Å². The van der Waals surface area contributed by atoms with E-state index in [1.165, 1.54) is 11.8 Å². The molecule has 1 unspecified atom stereocenters. The van der Waals surface area contributed by atoms with Crippen molar-refractivity contribution in [3.63, 3.8) is 0 Å². The van der Waals surface area contributed by atoms with Gasteiger partial charge in [0.2, 0.25) is 5.91 Å². The largest absolute Gasteiger partial charge is 0.465 e. The second-order valence-corrected chi connectivity index (χ2v) is 11.7. The third-order valence-electron chi connectivity index (χ3n) is 8.42. The van der Waals surface area contributed by atoms with Crippen LogP contribution in [0, 0.1) is 11.8 Å². The zero-order valence-electron chi connectivity index (χ0n) is 22.3. The van der Waals surface area contributed by atoms with Gasteiger partial charge in [-0.1, -0.05) is 31.2 Å². The molecule has 4 aliphatic rings. The van der Waals surface area contributed by atoms with Crippen LogP contribution in [0.5, 0.6) is 0 Å². The van der Waals surface area contributed by atoms with E-state index in [0.29, 0.717) is 19.4 Å². The van der Waals surface area contributed by atoms with Crippen molar-refractivity contribution < 1.29 is 24.2 Å². The minimum atomic E-state index is -0.921. The Labute approximate surface area is 228 Å². The van der Waals surface area contributed by atoms with Crippen molar-refractivity contribution in [2.24, 2.45) is 11.8 Å². The number of aliphatic hydroxyl groups excluding tert-OH is 1. The monoisotopic (exact) mass is 539 g/mol. The van der Waals surface area contributed by atoms with Gasteiger partial charge < -0.3 is 24.5 Å². The maximum Gasteiger partial charge on any atom is 0.311 e. The smallest absolute Gasteiger partial charge is 0.311 e. The Morgan fingerprint density at radius 1 is 1.11 bits per heavy atom. The van der Waals surface area contributed by atoms with E-state index in [0.717, 1.165) is 24.5 Å². The van der Waals surface area contributed by atoms with Gasteiger partial charge in [-0.2, -0.15) is 0 Å². The number of carbonyl (C=O) groups is 3. The molecule has 4 heterocycles. The maximum absolute atomic E-state index is 14.5. The molecule has 1 N–H and O–H groups in total. The number of thioether (sulfide) groups is 1. The third kappa shape index (κ3) is 4.14. The summed E-state index contributed by atoms with van der Waals surface area (Å²) in [6, 6.07) is 6.60. The molecule has 2 amide bonds. The number of anilines is 2. The Morgan fingerprint density at radius 2 is 1.84 bits per heavy atom. The predicted molar refractivity (Wildman–Crippen MR) is 149 cm³/mol. The lowest BCUT2D eigenvalue weighted by atomic mass is 9.78. The van der Waals surface area contributed by atoms with Crippen molar-refractivity contribution >= 4 is 40.9 Å². The van der Waals surface area contributed by atoms with Crippen LogP contribution in [0.3, 0.4) is 0 Å². The maximum atomic E-state index is 14.5. The Balaban J connectivity index is 1.58. The zero-order chi connectivity index (χ0) is 27.0. The van der Waals surface area contributed by atoms with Gasteiger partial charge in [-0.25, -0.2) is 0 Å². The van der Waals surface area contributed by atoms with Crippen LogP contribution in [-0.2, 0) is 19.1 Å². The number of rotatable bonds is 7. The summed E-state index contributed by atoms with van der Waals surface area (Å²) >= 11 is 1.52. The first-order chi connectivity index (χ1) is 18.4. The van der Waals surface area contributed by atoms with Gasteiger partial charge >= 0.3 is 5.97 Å². The summed E-state index contributed by atoms with van der Waals surface area (Å²) in [5.74, 6) is -2.23. The van der Waals surface area contributed by atoms with Gasteiger partial charge in [0.15, 0.2) is 0 Å². The third-order valence-corrected chi connectivity index (χ3v) is 10.2. The molecule has 204 valence electrons. The van der Waals surface area contributed by atoms with Gasteiger partial charge in [0.1, 0.15) is 6.04 Å². The molecule has 1 aromatic carbocycles. The van der Waals surface area contributed by atoms with Crippen molar-refractivity contribution in [2.75, 3.05) is 42.6 Å². The normalized spacial score (nSPS) is 31.2. The minimum absolute atomic E-state index is 0.188.